The molecule has 0 radical (unpaired) electrons. The van der Waals surface area contributed by atoms with Gasteiger partial charge in [-0.2, -0.15) is 0 Å². The van der Waals surface area contributed by atoms with Gasteiger partial charge in [0.25, 0.3) is 0 Å². The van der Waals surface area contributed by atoms with Crippen LogP contribution in [-0.2, 0) is 14.0 Å². The topological polar surface area (TPSA) is 27.7 Å². The summed E-state index contributed by atoms with van der Waals surface area (Å²) in [6.45, 7) is 12.2. The summed E-state index contributed by atoms with van der Waals surface area (Å²) in [5.41, 5.74) is -0.490. The Morgan fingerprint density at radius 1 is 1.00 bits per heavy atom. The second-order valence-corrected chi connectivity index (χ2v) is 6.16. The van der Waals surface area contributed by atoms with Gasteiger partial charge >= 0.3 is 7.12 Å². The van der Waals surface area contributed by atoms with Crippen LogP contribution in [0.3, 0.4) is 0 Å². The van der Waals surface area contributed by atoms with Crippen LogP contribution in [0.4, 0.5) is 0 Å². The average molecular weight is 268 g/mol. The van der Waals surface area contributed by atoms with Crippen molar-refractivity contribution in [1.29, 1.82) is 0 Å². The Morgan fingerprint density at radius 3 is 2.16 bits per heavy atom. The van der Waals surface area contributed by atoms with E-state index in [0.29, 0.717) is 0 Å². The van der Waals surface area contributed by atoms with E-state index >= 15 is 0 Å². The molecular weight excluding hydrogens is 239 g/mol. The molecule has 110 valence electrons. The number of hydrogen-bond donors (Lipinski definition) is 0. The number of ether oxygens (including phenoxy) is 1. The van der Waals surface area contributed by atoms with Gasteiger partial charge in [-0.15, -0.1) is 0 Å². The van der Waals surface area contributed by atoms with E-state index in [0.717, 1.165) is 32.5 Å². The Kier molecular flexibility index (Phi) is 6.57. The summed E-state index contributed by atoms with van der Waals surface area (Å²) < 4.78 is 17.3. The monoisotopic (exact) mass is 268 g/mol. The van der Waals surface area contributed by atoms with Gasteiger partial charge < -0.3 is 14.0 Å². The van der Waals surface area contributed by atoms with Gasteiger partial charge in [0.15, 0.2) is 0 Å². The number of unbranched alkanes of at least 4 members (excludes halogenated alkanes) is 2. The molecule has 4 heteroatoms. The van der Waals surface area contributed by atoms with Crippen LogP contribution in [0.2, 0.25) is 0 Å². The van der Waals surface area contributed by atoms with Crippen molar-refractivity contribution in [2.24, 2.45) is 0 Å². The Labute approximate surface area is 118 Å². The third-order valence-electron chi connectivity index (χ3n) is 3.87. The predicted octanol–water partition coefficient (Wildman–Crippen LogP) is 3.77. The highest BCUT2D eigenvalue weighted by Crippen LogP contribution is 2.36. The Hall–Kier alpha value is -0.315. The Bertz CT molecular complexity index is 271. The van der Waals surface area contributed by atoms with Crippen molar-refractivity contribution >= 4 is 7.12 Å². The molecule has 0 atom stereocenters. The predicted molar refractivity (Wildman–Crippen MR) is 80.2 cm³/mol. The molecule has 1 heterocycles. The second-order valence-electron chi connectivity index (χ2n) is 6.16. The van der Waals surface area contributed by atoms with Crippen molar-refractivity contribution in [3.63, 3.8) is 0 Å². The van der Waals surface area contributed by atoms with Crippen molar-refractivity contribution in [2.45, 2.75) is 71.5 Å². The molecule has 1 fully saturated rings. The molecule has 0 amide bonds. The van der Waals surface area contributed by atoms with Crippen molar-refractivity contribution < 1.29 is 14.0 Å². The molecule has 0 N–H and O–H groups in total. The molecule has 0 saturated carbocycles. The first kappa shape index (κ1) is 16.7. The van der Waals surface area contributed by atoms with Gasteiger partial charge in [0.1, 0.15) is 0 Å². The van der Waals surface area contributed by atoms with E-state index in [1.165, 1.54) is 6.42 Å². The van der Waals surface area contributed by atoms with Gasteiger partial charge in [-0.05, 0) is 47.0 Å². The lowest BCUT2D eigenvalue weighted by molar-refractivity contribution is 0.00578. The first-order valence-electron chi connectivity index (χ1n) is 7.49. The average Bonchev–Trinajstić information content (AvgIpc) is 2.51. The van der Waals surface area contributed by atoms with Gasteiger partial charge in [0.2, 0.25) is 0 Å². The van der Waals surface area contributed by atoms with Crippen molar-refractivity contribution in [1.82, 2.24) is 0 Å². The second kappa shape index (κ2) is 7.46. The molecule has 0 aliphatic carbocycles. The first-order valence-corrected chi connectivity index (χ1v) is 7.49. The van der Waals surface area contributed by atoms with Crippen LogP contribution in [0.5, 0.6) is 0 Å². The number of allylic oxidation sites excluding steroid dienone is 1. The van der Waals surface area contributed by atoms with Crippen LogP contribution in [0, 0.1) is 0 Å². The minimum absolute atomic E-state index is 0.217. The highest BCUT2D eigenvalue weighted by molar-refractivity contribution is 6.51. The maximum atomic E-state index is 5.88. The molecule has 0 bridgehead atoms. The summed E-state index contributed by atoms with van der Waals surface area (Å²) in [5, 5.41) is 0. The molecule has 0 aromatic heterocycles. The van der Waals surface area contributed by atoms with Crippen LogP contribution >= 0.6 is 0 Å². The largest absolute Gasteiger partial charge is 0.486 e. The van der Waals surface area contributed by atoms with E-state index in [1.54, 1.807) is 0 Å². The summed E-state index contributed by atoms with van der Waals surface area (Å²) in [5.74, 6) is 2.02. The zero-order valence-electron chi connectivity index (χ0n) is 13.2. The van der Waals surface area contributed by atoms with Crippen LogP contribution in [0.1, 0.15) is 60.3 Å². The molecule has 1 aliphatic rings. The summed E-state index contributed by atoms with van der Waals surface area (Å²) in [7, 11) is -0.217. The SMILES string of the molecule is CCCCOCCC/C=C/B1OC(C)(C)C(C)(C)O1. The lowest BCUT2D eigenvalue weighted by Gasteiger charge is -2.32. The standard InChI is InChI=1S/C15H29BO3/c1-6-7-12-17-13-10-8-9-11-16-18-14(2,3)15(4,5)19-16/h9,11H,6-8,10,12-13H2,1-5H3/b11-9+. The number of rotatable bonds is 8. The molecule has 0 aromatic carbocycles. The lowest BCUT2D eigenvalue weighted by Crippen LogP contribution is -2.41. The quantitative estimate of drug-likeness (QED) is 0.495. The van der Waals surface area contributed by atoms with Crippen molar-refractivity contribution in [2.75, 3.05) is 13.2 Å². The van der Waals surface area contributed by atoms with Gasteiger partial charge in [-0.25, -0.2) is 0 Å². The van der Waals surface area contributed by atoms with Crippen molar-refractivity contribution in [3.8, 4) is 0 Å². The fourth-order valence-electron chi connectivity index (χ4n) is 1.83. The van der Waals surface area contributed by atoms with E-state index in [4.69, 9.17) is 14.0 Å². The highest BCUT2D eigenvalue weighted by atomic mass is 16.7. The Morgan fingerprint density at radius 2 is 1.58 bits per heavy atom. The minimum atomic E-state index is -0.245. The Balaban J connectivity index is 2.14. The molecule has 0 aromatic rings. The van der Waals surface area contributed by atoms with Gasteiger partial charge in [0, 0.05) is 13.2 Å². The minimum Gasteiger partial charge on any atom is -0.400 e. The summed E-state index contributed by atoms with van der Waals surface area (Å²) in [6.07, 6.45) is 6.55. The fourth-order valence-corrected chi connectivity index (χ4v) is 1.83. The molecular formula is C15H29BO3. The third-order valence-corrected chi connectivity index (χ3v) is 3.87. The van der Waals surface area contributed by atoms with Gasteiger partial charge in [-0.1, -0.05) is 25.4 Å². The first-order chi connectivity index (χ1) is 8.89. The van der Waals surface area contributed by atoms with E-state index in [2.05, 4.69) is 40.7 Å². The smallest absolute Gasteiger partial charge is 0.400 e. The third kappa shape index (κ3) is 5.29. The zero-order valence-corrected chi connectivity index (χ0v) is 13.2. The van der Waals surface area contributed by atoms with Gasteiger partial charge in [0.05, 0.1) is 11.2 Å². The van der Waals surface area contributed by atoms with Crippen LogP contribution in [0.25, 0.3) is 0 Å². The van der Waals surface area contributed by atoms with Crippen LogP contribution in [0.15, 0.2) is 12.1 Å². The molecule has 19 heavy (non-hydrogen) atoms. The van der Waals surface area contributed by atoms with E-state index in [-0.39, 0.29) is 18.3 Å². The molecule has 1 saturated heterocycles. The van der Waals surface area contributed by atoms with Crippen molar-refractivity contribution in [3.05, 3.63) is 12.1 Å². The summed E-state index contributed by atoms with van der Waals surface area (Å²) in [6, 6.07) is 0. The zero-order chi connectivity index (χ0) is 14.4. The molecule has 3 nitrogen and oxygen atoms in total. The van der Waals surface area contributed by atoms with E-state index in [9.17, 15) is 0 Å². The van der Waals surface area contributed by atoms with Gasteiger partial charge in [-0.3, -0.25) is 0 Å². The van der Waals surface area contributed by atoms with Crippen LogP contribution in [-0.4, -0.2) is 31.5 Å². The number of hydrogen-bond acceptors (Lipinski definition) is 3. The lowest BCUT2D eigenvalue weighted by atomic mass is 9.89. The maximum absolute atomic E-state index is 5.88. The summed E-state index contributed by atoms with van der Waals surface area (Å²) in [4.78, 5) is 0. The highest BCUT2D eigenvalue weighted by Gasteiger charge is 2.49. The molecule has 1 rings (SSSR count). The van der Waals surface area contributed by atoms with Crippen LogP contribution < -0.4 is 0 Å². The molecule has 0 unspecified atom stereocenters. The van der Waals surface area contributed by atoms with E-state index in [1.807, 2.05) is 5.98 Å². The fraction of sp³-hybridized carbons (Fsp3) is 0.867. The maximum Gasteiger partial charge on any atom is 0.486 e. The normalized spacial score (nSPS) is 21.4. The molecule has 0 spiro atoms. The van der Waals surface area contributed by atoms with E-state index < -0.39 is 0 Å². The molecule has 1 aliphatic heterocycles. The summed E-state index contributed by atoms with van der Waals surface area (Å²) >= 11 is 0.